The van der Waals surface area contributed by atoms with Crippen LogP contribution in [0.2, 0.25) is 0 Å². The SMILES string of the molecule is CCC(C)N(CC(=O)O)C(=O)Nc1nc(C2CC2)cs1. The molecule has 1 aromatic rings. The first-order valence-electron chi connectivity index (χ1n) is 6.76. The topological polar surface area (TPSA) is 82.5 Å². The van der Waals surface area contributed by atoms with Gasteiger partial charge in [0.25, 0.3) is 0 Å². The van der Waals surface area contributed by atoms with Gasteiger partial charge < -0.3 is 10.0 Å². The second kappa shape index (κ2) is 6.21. The van der Waals surface area contributed by atoms with E-state index in [1.165, 1.54) is 16.2 Å². The van der Waals surface area contributed by atoms with E-state index in [2.05, 4.69) is 10.3 Å². The van der Waals surface area contributed by atoms with Crippen molar-refractivity contribution >= 4 is 28.5 Å². The van der Waals surface area contributed by atoms with Crippen molar-refractivity contribution in [3.63, 3.8) is 0 Å². The first-order valence-corrected chi connectivity index (χ1v) is 7.64. The lowest BCUT2D eigenvalue weighted by Gasteiger charge is -2.26. The third kappa shape index (κ3) is 3.69. The van der Waals surface area contributed by atoms with Crippen LogP contribution in [0, 0.1) is 0 Å². The molecule has 1 unspecified atom stereocenters. The average Bonchev–Trinajstić information content (AvgIpc) is 3.16. The number of amides is 2. The summed E-state index contributed by atoms with van der Waals surface area (Å²) < 4.78 is 0. The number of urea groups is 1. The van der Waals surface area contributed by atoms with E-state index in [4.69, 9.17) is 5.11 Å². The lowest BCUT2D eigenvalue weighted by atomic mass is 10.2. The number of nitrogens with one attached hydrogen (secondary N) is 1. The molecule has 110 valence electrons. The Hall–Kier alpha value is -1.63. The standard InChI is InChI=1S/C13H19N3O3S/c1-3-8(2)16(6-11(17)18)13(19)15-12-14-10(7-20-12)9-4-5-9/h7-9H,3-6H2,1-2H3,(H,17,18)(H,14,15,19). The minimum absolute atomic E-state index is 0.131. The van der Waals surface area contributed by atoms with Crippen molar-refractivity contribution in [3.05, 3.63) is 11.1 Å². The van der Waals surface area contributed by atoms with E-state index in [9.17, 15) is 9.59 Å². The summed E-state index contributed by atoms with van der Waals surface area (Å²) in [6, 6.07) is -0.535. The maximum atomic E-state index is 12.2. The number of hydrogen-bond acceptors (Lipinski definition) is 4. The second-order valence-corrected chi connectivity index (χ2v) is 5.92. The monoisotopic (exact) mass is 297 g/mol. The summed E-state index contributed by atoms with van der Waals surface area (Å²) in [5.41, 5.74) is 1.03. The number of aliphatic carboxylic acids is 1. The fraction of sp³-hybridized carbons (Fsp3) is 0.615. The maximum Gasteiger partial charge on any atom is 0.324 e. The summed E-state index contributed by atoms with van der Waals surface area (Å²) >= 11 is 1.38. The molecule has 0 radical (unpaired) electrons. The number of carbonyl (C=O) groups is 2. The van der Waals surface area contributed by atoms with Crippen LogP contribution in [0.4, 0.5) is 9.93 Å². The number of carboxylic acids is 1. The predicted octanol–water partition coefficient (Wildman–Crippen LogP) is 2.74. The number of thiazole rings is 1. The molecule has 1 heterocycles. The van der Waals surface area contributed by atoms with Crippen LogP contribution in [0.25, 0.3) is 0 Å². The van der Waals surface area contributed by atoms with E-state index in [0.29, 0.717) is 17.5 Å². The van der Waals surface area contributed by atoms with Gasteiger partial charge in [0.1, 0.15) is 6.54 Å². The molecule has 0 aliphatic heterocycles. The first-order chi connectivity index (χ1) is 9.51. The second-order valence-electron chi connectivity index (χ2n) is 5.06. The number of nitrogens with zero attached hydrogens (tertiary/aromatic N) is 2. The normalized spacial score (nSPS) is 15.7. The van der Waals surface area contributed by atoms with Crippen LogP contribution in [-0.4, -0.2) is 39.6 Å². The van der Waals surface area contributed by atoms with Gasteiger partial charge in [-0.3, -0.25) is 10.1 Å². The molecule has 2 rings (SSSR count). The molecule has 0 aromatic carbocycles. The highest BCUT2D eigenvalue weighted by atomic mass is 32.1. The molecule has 2 amide bonds. The van der Waals surface area contributed by atoms with Crippen LogP contribution in [0.3, 0.4) is 0 Å². The van der Waals surface area contributed by atoms with E-state index in [0.717, 1.165) is 18.5 Å². The molecule has 1 aromatic heterocycles. The highest BCUT2D eigenvalue weighted by molar-refractivity contribution is 7.13. The van der Waals surface area contributed by atoms with Crippen LogP contribution in [0.1, 0.15) is 44.7 Å². The lowest BCUT2D eigenvalue weighted by molar-refractivity contribution is -0.138. The van der Waals surface area contributed by atoms with Gasteiger partial charge in [-0.2, -0.15) is 0 Å². The first kappa shape index (κ1) is 14.8. The predicted molar refractivity (Wildman–Crippen MR) is 77.2 cm³/mol. The number of aromatic nitrogens is 1. The van der Waals surface area contributed by atoms with Gasteiger partial charge in [0, 0.05) is 17.3 Å². The van der Waals surface area contributed by atoms with Crippen LogP contribution >= 0.6 is 11.3 Å². The van der Waals surface area contributed by atoms with Crippen LogP contribution in [-0.2, 0) is 4.79 Å². The van der Waals surface area contributed by atoms with Gasteiger partial charge in [-0.25, -0.2) is 9.78 Å². The van der Waals surface area contributed by atoms with Crippen LogP contribution in [0.15, 0.2) is 5.38 Å². The van der Waals surface area contributed by atoms with Crippen molar-refractivity contribution in [2.45, 2.75) is 45.1 Å². The molecule has 1 aliphatic rings. The molecule has 1 atom stereocenters. The Labute approximate surface area is 121 Å². The molecule has 0 saturated heterocycles. The molecule has 20 heavy (non-hydrogen) atoms. The molecule has 2 N–H and O–H groups in total. The molecule has 0 spiro atoms. The fourth-order valence-corrected chi connectivity index (χ4v) is 2.65. The lowest BCUT2D eigenvalue weighted by Crippen LogP contribution is -2.44. The fourth-order valence-electron chi connectivity index (χ4n) is 1.87. The van der Waals surface area contributed by atoms with Crippen molar-refractivity contribution in [1.82, 2.24) is 9.88 Å². The van der Waals surface area contributed by atoms with Crippen LogP contribution < -0.4 is 5.32 Å². The zero-order valence-corrected chi connectivity index (χ0v) is 12.4. The van der Waals surface area contributed by atoms with Gasteiger partial charge in [-0.15, -0.1) is 11.3 Å². The van der Waals surface area contributed by atoms with E-state index >= 15 is 0 Å². The Morgan fingerprint density at radius 3 is 2.85 bits per heavy atom. The molecule has 1 fully saturated rings. The summed E-state index contributed by atoms with van der Waals surface area (Å²) in [6.07, 6.45) is 3.02. The molecule has 7 heteroatoms. The third-order valence-electron chi connectivity index (χ3n) is 3.42. The zero-order valence-electron chi connectivity index (χ0n) is 11.6. The minimum Gasteiger partial charge on any atom is -0.480 e. The summed E-state index contributed by atoms with van der Waals surface area (Å²) in [5, 5.41) is 14.1. The Morgan fingerprint density at radius 2 is 2.30 bits per heavy atom. The molecule has 6 nitrogen and oxygen atoms in total. The number of anilines is 1. The summed E-state index contributed by atoms with van der Waals surface area (Å²) in [6.45, 7) is 3.45. The Morgan fingerprint density at radius 1 is 1.60 bits per heavy atom. The summed E-state index contributed by atoms with van der Waals surface area (Å²) in [5.74, 6) is -0.472. The van der Waals surface area contributed by atoms with Gasteiger partial charge in [0.2, 0.25) is 0 Å². The van der Waals surface area contributed by atoms with Gasteiger partial charge in [0.15, 0.2) is 5.13 Å². The number of carbonyl (C=O) groups excluding carboxylic acids is 1. The number of rotatable bonds is 6. The Balaban J connectivity index is 2.00. The van der Waals surface area contributed by atoms with Gasteiger partial charge in [0.05, 0.1) is 5.69 Å². The Bertz CT molecular complexity index is 499. The smallest absolute Gasteiger partial charge is 0.324 e. The zero-order chi connectivity index (χ0) is 14.7. The molecule has 0 bridgehead atoms. The van der Waals surface area contributed by atoms with Crippen molar-refractivity contribution in [1.29, 1.82) is 0 Å². The van der Waals surface area contributed by atoms with Crippen LogP contribution in [0.5, 0.6) is 0 Å². The Kier molecular flexibility index (Phi) is 4.59. The van der Waals surface area contributed by atoms with Crippen molar-refractivity contribution in [2.75, 3.05) is 11.9 Å². The summed E-state index contributed by atoms with van der Waals surface area (Å²) in [7, 11) is 0. The maximum absolute atomic E-state index is 12.2. The highest BCUT2D eigenvalue weighted by Crippen LogP contribution is 2.40. The van der Waals surface area contributed by atoms with E-state index in [1.807, 2.05) is 19.2 Å². The quantitative estimate of drug-likeness (QED) is 0.845. The molecular weight excluding hydrogens is 278 g/mol. The van der Waals surface area contributed by atoms with Crippen molar-refractivity contribution in [2.24, 2.45) is 0 Å². The average molecular weight is 297 g/mol. The minimum atomic E-state index is -1.02. The van der Waals surface area contributed by atoms with E-state index in [-0.39, 0.29) is 12.6 Å². The van der Waals surface area contributed by atoms with E-state index < -0.39 is 12.0 Å². The van der Waals surface area contributed by atoms with Gasteiger partial charge in [-0.05, 0) is 26.2 Å². The molecule has 1 saturated carbocycles. The van der Waals surface area contributed by atoms with Crippen molar-refractivity contribution in [3.8, 4) is 0 Å². The number of hydrogen-bond donors (Lipinski definition) is 2. The third-order valence-corrected chi connectivity index (χ3v) is 4.20. The molecule has 1 aliphatic carbocycles. The van der Waals surface area contributed by atoms with Gasteiger partial charge >= 0.3 is 12.0 Å². The number of carboxylic acid groups (broad SMARTS) is 1. The highest BCUT2D eigenvalue weighted by Gasteiger charge is 2.27. The van der Waals surface area contributed by atoms with E-state index in [1.54, 1.807) is 0 Å². The summed E-state index contributed by atoms with van der Waals surface area (Å²) in [4.78, 5) is 28.7. The van der Waals surface area contributed by atoms with Gasteiger partial charge in [-0.1, -0.05) is 6.92 Å². The molecular formula is C13H19N3O3S. The van der Waals surface area contributed by atoms with Crippen molar-refractivity contribution < 1.29 is 14.7 Å². The largest absolute Gasteiger partial charge is 0.480 e.